The van der Waals surface area contributed by atoms with Crippen molar-refractivity contribution in [1.82, 2.24) is 0 Å². The standard InChI is InChI=1S/C10H9BrO/c1-7(2)10-5-9(11)4-3-8(10)6-12/h3-6H,1H2,2H3. The first-order valence-electron chi connectivity index (χ1n) is 3.55. The van der Waals surface area contributed by atoms with Gasteiger partial charge < -0.3 is 0 Å². The molecule has 1 nitrogen and oxygen atoms in total. The monoisotopic (exact) mass is 224 g/mol. The molecule has 0 bridgehead atoms. The zero-order valence-corrected chi connectivity index (χ0v) is 8.39. The Morgan fingerprint density at radius 3 is 2.75 bits per heavy atom. The van der Waals surface area contributed by atoms with Gasteiger partial charge >= 0.3 is 0 Å². The number of carbonyl (C=O) groups excluding carboxylic acids is 1. The Morgan fingerprint density at radius 2 is 2.25 bits per heavy atom. The minimum Gasteiger partial charge on any atom is -0.298 e. The van der Waals surface area contributed by atoms with Gasteiger partial charge in [0.05, 0.1) is 0 Å². The minimum atomic E-state index is 0.686. The molecule has 62 valence electrons. The molecule has 0 aliphatic rings. The van der Waals surface area contributed by atoms with Crippen LogP contribution in [0.3, 0.4) is 0 Å². The van der Waals surface area contributed by atoms with Crippen molar-refractivity contribution in [2.45, 2.75) is 6.92 Å². The number of rotatable bonds is 2. The molecule has 0 N–H and O–H groups in total. The highest BCUT2D eigenvalue weighted by Crippen LogP contribution is 2.20. The minimum absolute atomic E-state index is 0.686. The molecule has 0 atom stereocenters. The fraction of sp³-hybridized carbons (Fsp3) is 0.100. The molecular weight excluding hydrogens is 216 g/mol. The second-order valence-electron chi connectivity index (χ2n) is 2.63. The van der Waals surface area contributed by atoms with Crippen molar-refractivity contribution in [1.29, 1.82) is 0 Å². The van der Waals surface area contributed by atoms with Gasteiger partial charge in [-0.1, -0.05) is 28.1 Å². The van der Waals surface area contributed by atoms with Crippen LogP contribution in [-0.4, -0.2) is 6.29 Å². The number of aldehydes is 1. The molecule has 0 unspecified atom stereocenters. The smallest absolute Gasteiger partial charge is 0.150 e. The number of allylic oxidation sites excluding steroid dienone is 1. The van der Waals surface area contributed by atoms with Crippen LogP contribution in [0.1, 0.15) is 22.8 Å². The molecule has 0 saturated heterocycles. The van der Waals surface area contributed by atoms with Crippen molar-refractivity contribution in [2.75, 3.05) is 0 Å². The molecule has 1 aromatic carbocycles. The Bertz CT molecular complexity index is 329. The summed E-state index contributed by atoms with van der Waals surface area (Å²) in [7, 11) is 0. The van der Waals surface area contributed by atoms with Crippen molar-refractivity contribution in [3.8, 4) is 0 Å². The maximum Gasteiger partial charge on any atom is 0.150 e. The van der Waals surface area contributed by atoms with E-state index in [2.05, 4.69) is 22.5 Å². The normalized spacial score (nSPS) is 9.50. The first-order chi connectivity index (χ1) is 5.65. The summed E-state index contributed by atoms with van der Waals surface area (Å²) >= 11 is 3.34. The van der Waals surface area contributed by atoms with Gasteiger partial charge in [0.1, 0.15) is 0 Å². The molecule has 0 saturated carbocycles. The SMILES string of the molecule is C=C(C)c1cc(Br)ccc1C=O. The summed E-state index contributed by atoms with van der Waals surface area (Å²) in [6, 6.07) is 5.52. The van der Waals surface area contributed by atoms with Crippen LogP contribution in [0, 0.1) is 0 Å². The molecule has 0 fully saturated rings. The van der Waals surface area contributed by atoms with Crippen LogP contribution in [0.2, 0.25) is 0 Å². The van der Waals surface area contributed by atoms with E-state index in [1.165, 1.54) is 0 Å². The molecule has 0 spiro atoms. The molecular formula is C10H9BrO. The van der Waals surface area contributed by atoms with Gasteiger partial charge in [-0.25, -0.2) is 0 Å². The van der Waals surface area contributed by atoms with Crippen LogP contribution >= 0.6 is 15.9 Å². The molecule has 0 aliphatic heterocycles. The second-order valence-corrected chi connectivity index (χ2v) is 3.55. The highest BCUT2D eigenvalue weighted by atomic mass is 79.9. The van der Waals surface area contributed by atoms with Gasteiger partial charge in [0.2, 0.25) is 0 Å². The maximum absolute atomic E-state index is 10.6. The lowest BCUT2D eigenvalue weighted by atomic mass is 10.0. The molecule has 1 aromatic rings. The van der Waals surface area contributed by atoms with Crippen LogP contribution in [0.5, 0.6) is 0 Å². The predicted molar refractivity (Wildman–Crippen MR) is 54.2 cm³/mol. The Kier molecular flexibility index (Phi) is 2.82. The average Bonchev–Trinajstić information content (AvgIpc) is 2.04. The van der Waals surface area contributed by atoms with Gasteiger partial charge in [-0.15, -0.1) is 0 Å². The maximum atomic E-state index is 10.6. The van der Waals surface area contributed by atoms with Crippen LogP contribution in [0.25, 0.3) is 5.57 Å². The van der Waals surface area contributed by atoms with E-state index >= 15 is 0 Å². The topological polar surface area (TPSA) is 17.1 Å². The van der Waals surface area contributed by atoms with Crippen LogP contribution in [-0.2, 0) is 0 Å². The summed E-state index contributed by atoms with van der Waals surface area (Å²) in [5, 5.41) is 0. The van der Waals surface area contributed by atoms with Gasteiger partial charge in [-0.2, -0.15) is 0 Å². The van der Waals surface area contributed by atoms with Crippen molar-refractivity contribution in [2.24, 2.45) is 0 Å². The van der Waals surface area contributed by atoms with E-state index in [-0.39, 0.29) is 0 Å². The molecule has 0 heterocycles. The quantitative estimate of drug-likeness (QED) is 0.705. The molecule has 2 heteroatoms. The van der Waals surface area contributed by atoms with Crippen molar-refractivity contribution >= 4 is 27.8 Å². The van der Waals surface area contributed by atoms with E-state index < -0.39 is 0 Å². The van der Waals surface area contributed by atoms with Gasteiger partial charge in [-0.05, 0) is 30.7 Å². The summed E-state index contributed by atoms with van der Waals surface area (Å²) in [6.07, 6.45) is 0.844. The van der Waals surface area contributed by atoms with Crippen LogP contribution in [0.15, 0.2) is 29.3 Å². The summed E-state index contributed by atoms with van der Waals surface area (Å²) in [5.74, 6) is 0. The summed E-state index contributed by atoms with van der Waals surface area (Å²) in [4.78, 5) is 10.6. The molecule has 0 aliphatic carbocycles. The lowest BCUT2D eigenvalue weighted by Gasteiger charge is -2.03. The highest BCUT2D eigenvalue weighted by molar-refractivity contribution is 9.10. The van der Waals surface area contributed by atoms with E-state index in [0.29, 0.717) is 5.56 Å². The van der Waals surface area contributed by atoms with Crippen molar-refractivity contribution < 1.29 is 4.79 Å². The van der Waals surface area contributed by atoms with E-state index in [1.54, 1.807) is 6.07 Å². The predicted octanol–water partition coefficient (Wildman–Crippen LogP) is 3.29. The Labute approximate surface area is 80.2 Å². The van der Waals surface area contributed by atoms with Crippen molar-refractivity contribution in [3.05, 3.63) is 40.4 Å². The van der Waals surface area contributed by atoms with Crippen LogP contribution in [0.4, 0.5) is 0 Å². The summed E-state index contributed by atoms with van der Waals surface area (Å²) in [5.41, 5.74) is 2.49. The fourth-order valence-electron chi connectivity index (χ4n) is 1.00. The van der Waals surface area contributed by atoms with Gasteiger partial charge in [0, 0.05) is 10.0 Å². The molecule has 0 radical (unpaired) electrons. The largest absolute Gasteiger partial charge is 0.298 e. The third kappa shape index (κ3) is 1.83. The third-order valence-electron chi connectivity index (χ3n) is 1.60. The molecule has 0 aromatic heterocycles. The van der Waals surface area contributed by atoms with Gasteiger partial charge in [0.25, 0.3) is 0 Å². The number of halogens is 1. The van der Waals surface area contributed by atoms with E-state index in [0.717, 1.165) is 21.9 Å². The van der Waals surface area contributed by atoms with Gasteiger partial charge in [-0.3, -0.25) is 4.79 Å². The van der Waals surface area contributed by atoms with E-state index in [9.17, 15) is 4.79 Å². The Hall–Kier alpha value is -0.890. The van der Waals surface area contributed by atoms with E-state index in [1.807, 2.05) is 19.1 Å². The molecule has 0 amide bonds. The second kappa shape index (κ2) is 3.68. The zero-order chi connectivity index (χ0) is 9.14. The van der Waals surface area contributed by atoms with Crippen molar-refractivity contribution in [3.63, 3.8) is 0 Å². The molecule has 1 rings (SSSR count). The number of hydrogen-bond acceptors (Lipinski definition) is 1. The first-order valence-corrected chi connectivity index (χ1v) is 4.35. The lowest BCUT2D eigenvalue weighted by molar-refractivity contribution is 0.112. The lowest BCUT2D eigenvalue weighted by Crippen LogP contribution is -1.88. The van der Waals surface area contributed by atoms with E-state index in [4.69, 9.17) is 0 Å². The summed E-state index contributed by atoms with van der Waals surface area (Å²) < 4.78 is 0.964. The Morgan fingerprint density at radius 1 is 1.58 bits per heavy atom. The number of carbonyl (C=O) groups is 1. The highest BCUT2D eigenvalue weighted by Gasteiger charge is 2.01. The fourth-order valence-corrected chi connectivity index (χ4v) is 1.36. The number of benzene rings is 1. The van der Waals surface area contributed by atoms with Gasteiger partial charge in [0.15, 0.2) is 6.29 Å². The zero-order valence-electron chi connectivity index (χ0n) is 6.80. The van der Waals surface area contributed by atoms with Crippen LogP contribution < -0.4 is 0 Å². The Balaban J connectivity index is 3.30. The number of hydrogen-bond donors (Lipinski definition) is 0. The average molecular weight is 225 g/mol. The third-order valence-corrected chi connectivity index (χ3v) is 2.10. The first kappa shape index (κ1) is 9.20. The molecule has 12 heavy (non-hydrogen) atoms. The summed E-state index contributed by atoms with van der Waals surface area (Å²) in [6.45, 7) is 5.68.